The number of carbonyl (C=O) groups is 2. The third-order valence-corrected chi connectivity index (χ3v) is 3.53. The SMILES string of the molecule is CC(=O)Nc1cccc(NCCC(=O)Nc2cc(C)ccc2C)c1. The lowest BCUT2D eigenvalue weighted by molar-refractivity contribution is -0.116. The van der Waals surface area contributed by atoms with Crippen LogP contribution in [0.2, 0.25) is 0 Å². The lowest BCUT2D eigenvalue weighted by Gasteiger charge is -2.11. The predicted octanol–water partition coefficient (Wildman–Crippen LogP) is 3.70. The highest BCUT2D eigenvalue weighted by Crippen LogP contribution is 2.17. The Hall–Kier alpha value is -2.82. The number of rotatable bonds is 6. The van der Waals surface area contributed by atoms with Crippen LogP contribution in [0, 0.1) is 13.8 Å². The summed E-state index contributed by atoms with van der Waals surface area (Å²) in [5.41, 5.74) is 4.61. The Labute approximate surface area is 142 Å². The summed E-state index contributed by atoms with van der Waals surface area (Å²) in [6.07, 6.45) is 0.359. The molecule has 0 aliphatic rings. The Morgan fingerprint density at radius 2 is 1.71 bits per heavy atom. The summed E-state index contributed by atoms with van der Waals surface area (Å²) in [5.74, 6) is -0.144. The van der Waals surface area contributed by atoms with Gasteiger partial charge in [-0.2, -0.15) is 0 Å². The Balaban J connectivity index is 1.84. The maximum atomic E-state index is 12.1. The molecule has 0 heterocycles. The molecule has 126 valence electrons. The molecule has 5 heteroatoms. The molecule has 24 heavy (non-hydrogen) atoms. The molecule has 0 saturated carbocycles. The number of anilines is 3. The zero-order chi connectivity index (χ0) is 17.5. The number of aryl methyl sites for hydroxylation is 2. The first-order chi connectivity index (χ1) is 11.4. The maximum Gasteiger partial charge on any atom is 0.226 e. The molecule has 2 aromatic rings. The average molecular weight is 325 g/mol. The van der Waals surface area contributed by atoms with Gasteiger partial charge in [-0.25, -0.2) is 0 Å². The predicted molar refractivity (Wildman–Crippen MR) is 98.4 cm³/mol. The molecule has 2 aromatic carbocycles. The molecule has 0 fully saturated rings. The van der Waals surface area contributed by atoms with Crippen molar-refractivity contribution in [2.75, 3.05) is 22.5 Å². The number of hydrogen-bond donors (Lipinski definition) is 3. The molecular weight excluding hydrogens is 302 g/mol. The van der Waals surface area contributed by atoms with Crippen molar-refractivity contribution in [3.8, 4) is 0 Å². The van der Waals surface area contributed by atoms with Gasteiger partial charge >= 0.3 is 0 Å². The van der Waals surface area contributed by atoms with Crippen LogP contribution in [0.4, 0.5) is 17.1 Å². The minimum Gasteiger partial charge on any atom is -0.384 e. The van der Waals surface area contributed by atoms with E-state index in [9.17, 15) is 9.59 Å². The highest BCUT2D eigenvalue weighted by Gasteiger charge is 2.05. The lowest BCUT2D eigenvalue weighted by atomic mass is 10.1. The zero-order valence-electron chi connectivity index (χ0n) is 14.3. The van der Waals surface area contributed by atoms with Crippen molar-refractivity contribution in [2.24, 2.45) is 0 Å². The number of benzene rings is 2. The molecule has 0 unspecified atom stereocenters. The fraction of sp³-hybridized carbons (Fsp3) is 0.263. The third kappa shape index (κ3) is 5.43. The number of hydrogen-bond acceptors (Lipinski definition) is 3. The van der Waals surface area contributed by atoms with Gasteiger partial charge in [0.25, 0.3) is 0 Å². The first-order valence-electron chi connectivity index (χ1n) is 7.92. The minimum atomic E-state index is -0.111. The van der Waals surface area contributed by atoms with Crippen LogP contribution in [0.5, 0.6) is 0 Å². The van der Waals surface area contributed by atoms with E-state index in [-0.39, 0.29) is 11.8 Å². The average Bonchev–Trinajstić information content (AvgIpc) is 2.51. The van der Waals surface area contributed by atoms with Crippen LogP contribution in [0.15, 0.2) is 42.5 Å². The van der Waals surface area contributed by atoms with E-state index in [1.807, 2.05) is 56.3 Å². The van der Waals surface area contributed by atoms with Crippen molar-refractivity contribution in [1.29, 1.82) is 0 Å². The van der Waals surface area contributed by atoms with Crippen LogP contribution in [-0.4, -0.2) is 18.4 Å². The second-order valence-corrected chi connectivity index (χ2v) is 5.81. The van der Waals surface area contributed by atoms with Crippen molar-refractivity contribution in [3.05, 3.63) is 53.6 Å². The molecule has 2 amide bonds. The number of carbonyl (C=O) groups excluding carboxylic acids is 2. The van der Waals surface area contributed by atoms with E-state index >= 15 is 0 Å². The van der Waals surface area contributed by atoms with E-state index in [1.165, 1.54) is 6.92 Å². The van der Waals surface area contributed by atoms with E-state index < -0.39 is 0 Å². The standard InChI is InChI=1S/C19H23N3O2/c1-13-7-8-14(2)18(11-13)22-19(24)9-10-20-16-5-4-6-17(12-16)21-15(3)23/h4-8,11-12,20H,9-10H2,1-3H3,(H,21,23)(H,22,24). The summed E-state index contributed by atoms with van der Waals surface area (Å²) in [5, 5.41) is 8.86. The number of amides is 2. The molecule has 5 nitrogen and oxygen atoms in total. The fourth-order valence-electron chi connectivity index (χ4n) is 2.31. The van der Waals surface area contributed by atoms with Gasteiger partial charge in [-0.05, 0) is 49.2 Å². The second kappa shape index (κ2) is 8.15. The Kier molecular flexibility index (Phi) is 5.95. The van der Waals surface area contributed by atoms with E-state index in [4.69, 9.17) is 0 Å². The van der Waals surface area contributed by atoms with E-state index in [2.05, 4.69) is 16.0 Å². The Bertz CT molecular complexity index is 741. The van der Waals surface area contributed by atoms with Gasteiger partial charge in [0.2, 0.25) is 11.8 Å². The van der Waals surface area contributed by atoms with Crippen molar-refractivity contribution < 1.29 is 9.59 Å². The van der Waals surface area contributed by atoms with Crippen molar-refractivity contribution in [3.63, 3.8) is 0 Å². The fourth-order valence-corrected chi connectivity index (χ4v) is 2.31. The normalized spacial score (nSPS) is 10.1. The molecule has 2 rings (SSSR count). The third-order valence-electron chi connectivity index (χ3n) is 3.53. The quantitative estimate of drug-likeness (QED) is 0.758. The summed E-state index contributed by atoms with van der Waals surface area (Å²) in [4.78, 5) is 23.1. The molecule has 0 bridgehead atoms. The van der Waals surface area contributed by atoms with Gasteiger partial charge in [0.05, 0.1) is 0 Å². The zero-order valence-corrected chi connectivity index (χ0v) is 14.3. The first kappa shape index (κ1) is 17.5. The molecule has 0 atom stereocenters. The number of nitrogens with one attached hydrogen (secondary N) is 3. The highest BCUT2D eigenvalue weighted by atomic mass is 16.2. The summed E-state index contributed by atoms with van der Waals surface area (Å²) in [7, 11) is 0. The van der Waals surface area contributed by atoms with Crippen LogP contribution < -0.4 is 16.0 Å². The maximum absolute atomic E-state index is 12.1. The monoisotopic (exact) mass is 325 g/mol. The van der Waals surface area contributed by atoms with Gasteiger partial charge in [-0.3, -0.25) is 9.59 Å². The van der Waals surface area contributed by atoms with Gasteiger partial charge in [-0.1, -0.05) is 18.2 Å². The van der Waals surface area contributed by atoms with E-state index in [1.54, 1.807) is 0 Å². The molecule has 3 N–H and O–H groups in total. The molecule has 0 spiro atoms. The molecule has 0 aromatic heterocycles. The van der Waals surface area contributed by atoms with E-state index in [0.717, 1.165) is 28.2 Å². The van der Waals surface area contributed by atoms with E-state index in [0.29, 0.717) is 13.0 Å². The Morgan fingerprint density at radius 1 is 0.958 bits per heavy atom. The topological polar surface area (TPSA) is 70.2 Å². The summed E-state index contributed by atoms with van der Waals surface area (Å²) in [6, 6.07) is 13.4. The summed E-state index contributed by atoms with van der Waals surface area (Å²) < 4.78 is 0. The van der Waals surface area contributed by atoms with Gasteiger partial charge in [0.15, 0.2) is 0 Å². The Morgan fingerprint density at radius 3 is 2.46 bits per heavy atom. The van der Waals surface area contributed by atoms with Gasteiger partial charge in [-0.15, -0.1) is 0 Å². The molecule has 0 aliphatic heterocycles. The largest absolute Gasteiger partial charge is 0.384 e. The highest BCUT2D eigenvalue weighted by molar-refractivity contribution is 5.92. The second-order valence-electron chi connectivity index (χ2n) is 5.81. The summed E-state index contributed by atoms with van der Waals surface area (Å²) >= 11 is 0. The van der Waals surface area contributed by atoms with Crippen molar-refractivity contribution in [2.45, 2.75) is 27.2 Å². The first-order valence-corrected chi connectivity index (χ1v) is 7.92. The van der Waals surface area contributed by atoms with Gasteiger partial charge < -0.3 is 16.0 Å². The van der Waals surface area contributed by atoms with Crippen LogP contribution in [0.1, 0.15) is 24.5 Å². The van der Waals surface area contributed by atoms with Crippen LogP contribution in [-0.2, 0) is 9.59 Å². The van der Waals surface area contributed by atoms with Gasteiger partial charge in [0, 0.05) is 37.0 Å². The molecule has 0 saturated heterocycles. The van der Waals surface area contributed by atoms with Crippen molar-refractivity contribution in [1.82, 2.24) is 0 Å². The summed E-state index contributed by atoms with van der Waals surface area (Å²) in [6.45, 7) is 5.96. The van der Waals surface area contributed by atoms with Crippen molar-refractivity contribution >= 4 is 28.9 Å². The van der Waals surface area contributed by atoms with Crippen LogP contribution >= 0.6 is 0 Å². The lowest BCUT2D eigenvalue weighted by Crippen LogP contribution is -2.17. The van der Waals surface area contributed by atoms with Crippen LogP contribution in [0.3, 0.4) is 0 Å². The molecular formula is C19H23N3O2. The van der Waals surface area contributed by atoms with Gasteiger partial charge in [0.1, 0.15) is 0 Å². The molecule has 0 radical (unpaired) electrons. The molecule has 0 aliphatic carbocycles. The van der Waals surface area contributed by atoms with Crippen LogP contribution in [0.25, 0.3) is 0 Å². The minimum absolute atomic E-state index is 0.0331. The smallest absolute Gasteiger partial charge is 0.226 e.